The predicted molar refractivity (Wildman–Crippen MR) is 54.7 cm³/mol. The van der Waals surface area contributed by atoms with Gasteiger partial charge in [-0.3, -0.25) is 4.79 Å². The zero-order valence-electron chi connectivity index (χ0n) is 8.40. The number of carbonyl (C=O) groups is 1. The lowest BCUT2D eigenvalue weighted by Crippen LogP contribution is -2.16. The van der Waals surface area contributed by atoms with Crippen LogP contribution in [0.15, 0.2) is 17.3 Å². The molecule has 1 aromatic carbocycles. The summed E-state index contributed by atoms with van der Waals surface area (Å²) in [5.41, 5.74) is 1.45. The third kappa shape index (κ3) is 1.11. The van der Waals surface area contributed by atoms with Crippen molar-refractivity contribution in [1.82, 2.24) is 0 Å². The van der Waals surface area contributed by atoms with Gasteiger partial charge < -0.3 is 14.7 Å². The van der Waals surface area contributed by atoms with E-state index in [0.29, 0.717) is 36.7 Å². The summed E-state index contributed by atoms with van der Waals surface area (Å²) in [4.78, 5) is 11.7. The molecule has 0 saturated heterocycles. The molecule has 0 bridgehead atoms. The second-order valence-electron chi connectivity index (χ2n) is 3.67. The van der Waals surface area contributed by atoms with Gasteiger partial charge in [-0.1, -0.05) is 5.16 Å². The van der Waals surface area contributed by atoms with Gasteiger partial charge >= 0.3 is 0 Å². The third-order valence-corrected chi connectivity index (χ3v) is 2.78. The molecule has 1 aliphatic carbocycles. The minimum Gasteiger partial charge on any atom is -0.486 e. The number of hydrogen-bond donors (Lipinski definition) is 1. The van der Waals surface area contributed by atoms with Gasteiger partial charge in [-0.15, -0.1) is 0 Å². The average Bonchev–Trinajstić information content (AvgIpc) is 2.67. The van der Waals surface area contributed by atoms with E-state index in [1.807, 2.05) is 0 Å². The number of oxime groups is 1. The van der Waals surface area contributed by atoms with E-state index in [1.165, 1.54) is 0 Å². The van der Waals surface area contributed by atoms with Crippen LogP contribution in [0.4, 0.5) is 0 Å². The number of nitrogens with zero attached hydrogens (tertiary/aromatic N) is 1. The smallest absolute Gasteiger partial charge is 0.211 e. The van der Waals surface area contributed by atoms with Gasteiger partial charge in [0.1, 0.15) is 18.9 Å². The third-order valence-electron chi connectivity index (χ3n) is 2.78. The molecule has 0 radical (unpaired) electrons. The van der Waals surface area contributed by atoms with Crippen molar-refractivity contribution in [2.75, 3.05) is 13.2 Å². The molecule has 16 heavy (non-hydrogen) atoms. The number of fused-ring (bicyclic) bond motifs is 3. The molecule has 3 rings (SSSR count). The summed E-state index contributed by atoms with van der Waals surface area (Å²) in [5.74, 6) is 1.02. The predicted octanol–water partition coefficient (Wildman–Crippen LogP) is 1.03. The number of ketones is 1. The first kappa shape index (κ1) is 9.21. The highest BCUT2D eigenvalue weighted by atomic mass is 16.6. The van der Waals surface area contributed by atoms with Crippen molar-refractivity contribution in [3.8, 4) is 11.5 Å². The number of rotatable bonds is 0. The largest absolute Gasteiger partial charge is 0.486 e. The molecule has 5 heteroatoms. The van der Waals surface area contributed by atoms with Crippen molar-refractivity contribution in [1.29, 1.82) is 0 Å². The molecule has 5 nitrogen and oxygen atoms in total. The van der Waals surface area contributed by atoms with Crippen LogP contribution in [0.2, 0.25) is 0 Å². The highest BCUT2D eigenvalue weighted by Crippen LogP contribution is 2.39. The van der Waals surface area contributed by atoms with Crippen LogP contribution >= 0.6 is 0 Å². The fourth-order valence-electron chi connectivity index (χ4n) is 2.05. The highest BCUT2D eigenvalue weighted by molar-refractivity contribution is 6.49. The first-order valence-corrected chi connectivity index (χ1v) is 4.98. The van der Waals surface area contributed by atoms with Gasteiger partial charge in [0.05, 0.1) is 0 Å². The zero-order valence-corrected chi connectivity index (χ0v) is 8.40. The maximum atomic E-state index is 11.7. The van der Waals surface area contributed by atoms with Crippen LogP contribution in [0.25, 0.3) is 0 Å². The van der Waals surface area contributed by atoms with Crippen LogP contribution < -0.4 is 9.47 Å². The van der Waals surface area contributed by atoms with E-state index in [0.717, 1.165) is 5.56 Å². The monoisotopic (exact) mass is 219 g/mol. The molecule has 2 aliphatic rings. The number of benzene rings is 1. The van der Waals surface area contributed by atoms with Crippen molar-refractivity contribution in [2.24, 2.45) is 5.16 Å². The normalized spacial score (nSPS) is 20.0. The van der Waals surface area contributed by atoms with E-state index in [4.69, 9.17) is 14.7 Å². The quantitative estimate of drug-likeness (QED) is 0.522. The van der Waals surface area contributed by atoms with Crippen molar-refractivity contribution in [3.63, 3.8) is 0 Å². The summed E-state index contributed by atoms with van der Waals surface area (Å²) in [7, 11) is 0. The molecule has 0 fully saturated rings. The second kappa shape index (κ2) is 3.23. The molecule has 1 aliphatic heterocycles. The molecule has 0 saturated carbocycles. The van der Waals surface area contributed by atoms with Gasteiger partial charge in [0.2, 0.25) is 5.78 Å². The molecule has 0 atom stereocenters. The maximum Gasteiger partial charge on any atom is 0.211 e. The topological polar surface area (TPSA) is 68.1 Å². The Hall–Kier alpha value is -2.04. The summed E-state index contributed by atoms with van der Waals surface area (Å²) in [6.45, 7) is 0.990. The minimum absolute atomic E-state index is 0.151. The Morgan fingerprint density at radius 1 is 1.25 bits per heavy atom. The minimum atomic E-state index is -0.241. The highest BCUT2D eigenvalue weighted by Gasteiger charge is 2.32. The van der Waals surface area contributed by atoms with Crippen molar-refractivity contribution in [3.05, 3.63) is 23.3 Å². The van der Waals surface area contributed by atoms with Gasteiger partial charge in [-0.05, 0) is 12.1 Å². The number of Topliss-reactive ketones (excluding diaryl/α,β-unsaturated/α-hetero) is 1. The Morgan fingerprint density at radius 2 is 2.06 bits per heavy atom. The molecule has 0 spiro atoms. The Balaban J connectivity index is 2.18. The van der Waals surface area contributed by atoms with Crippen LogP contribution in [0.1, 0.15) is 15.9 Å². The number of carbonyl (C=O) groups excluding carboxylic acids is 1. The molecule has 0 aromatic heterocycles. The summed E-state index contributed by atoms with van der Waals surface area (Å²) in [5, 5.41) is 11.7. The lowest BCUT2D eigenvalue weighted by Gasteiger charge is -2.20. The van der Waals surface area contributed by atoms with Crippen LogP contribution in [-0.4, -0.2) is 29.9 Å². The van der Waals surface area contributed by atoms with E-state index >= 15 is 0 Å². The van der Waals surface area contributed by atoms with Crippen LogP contribution in [0.3, 0.4) is 0 Å². The fourth-order valence-corrected chi connectivity index (χ4v) is 2.05. The van der Waals surface area contributed by atoms with Gasteiger partial charge in [-0.2, -0.15) is 0 Å². The Kier molecular flexibility index (Phi) is 1.86. The number of hydrogen-bond acceptors (Lipinski definition) is 5. The molecular weight excluding hydrogens is 210 g/mol. The first-order chi connectivity index (χ1) is 7.81. The SMILES string of the molecule is O=C1/C(=N/O)Cc2c1ccc1c2OCCO1. The first-order valence-electron chi connectivity index (χ1n) is 4.98. The molecule has 1 heterocycles. The summed E-state index contributed by atoms with van der Waals surface area (Å²) >= 11 is 0. The van der Waals surface area contributed by atoms with Crippen LogP contribution in [-0.2, 0) is 6.42 Å². The van der Waals surface area contributed by atoms with Gasteiger partial charge in [-0.25, -0.2) is 0 Å². The average molecular weight is 219 g/mol. The zero-order chi connectivity index (χ0) is 11.1. The molecule has 0 unspecified atom stereocenters. The summed E-state index contributed by atoms with van der Waals surface area (Å²) in [6.07, 6.45) is 0.303. The van der Waals surface area contributed by atoms with Crippen LogP contribution in [0, 0.1) is 0 Å². The van der Waals surface area contributed by atoms with E-state index in [1.54, 1.807) is 12.1 Å². The van der Waals surface area contributed by atoms with Crippen LogP contribution in [0.5, 0.6) is 11.5 Å². The Bertz CT molecular complexity index is 507. The van der Waals surface area contributed by atoms with E-state index in [-0.39, 0.29) is 11.5 Å². The van der Waals surface area contributed by atoms with E-state index in [9.17, 15) is 4.79 Å². The van der Waals surface area contributed by atoms with E-state index in [2.05, 4.69) is 5.16 Å². The lowest BCUT2D eigenvalue weighted by molar-refractivity contribution is 0.106. The molecule has 0 amide bonds. The lowest BCUT2D eigenvalue weighted by atomic mass is 10.1. The maximum absolute atomic E-state index is 11.7. The molecule has 1 aromatic rings. The summed E-state index contributed by atoms with van der Waals surface area (Å²) in [6, 6.07) is 3.40. The van der Waals surface area contributed by atoms with Crippen molar-refractivity contribution in [2.45, 2.75) is 6.42 Å². The second-order valence-corrected chi connectivity index (χ2v) is 3.67. The summed E-state index contributed by atoms with van der Waals surface area (Å²) < 4.78 is 10.9. The van der Waals surface area contributed by atoms with Gasteiger partial charge in [0, 0.05) is 17.5 Å². The van der Waals surface area contributed by atoms with Crippen molar-refractivity contribution < 1.29 is 19.5 Å². The molecule has 82 valence electrons. The van der Waals surface area contributed by atoms with Crippen molar-refractivity contribution >= 4 is 11.5 Å². The fraction of sp³-hybridized carbons (Fsp3) is 0.273. The molecular formula is C11H9NO4. The molecule has 1 N–H and O–H groups in total. The van der Waals surface area contributed by atoms with Gasteiger partial charge in [0.15, 0.2) is 11.5 Å². The van der Waals surface area contributed by atoms with Gasteiger partial charge in [0.25, 0.3) is 0 Å². The Morgan fingerprint density at radius 3 is 2.88 bits per heavy atom. The van der Waals surface area contributed by atoms with E-state index < -0.39 is 0 Å². The standard InChI is InChI=1S/C11H9NO4/c13-10-6-1-2-9-11(16-4-3-15-9)7(6)5-8(10)12-14/h1-2,14H,3-5H2/b12-8+. The number of ether oxygens (including phenoxy) is 2. The Labute approximate surface area is 91.3 Å².